The number of aryl methyl sites for hydroxylation is 3. The number of benzene rings is 1. The van der Waals surface area contributed by atoms with Crippen LogP contribution in [0.25, 0.3) is 5.65 Å². The molecule has 0 aliphatic rings. The number of aromatic nitrogens is 3. The van der Waals surface area contributed by atoms with Crippen molar-refractivity contribution in [2.75, 3.05) is 5.32 Å². The van der Waals surface area contributed by atoms with Crippen molar-refractivity contribution in [2.45, 2.75) is 38.1 Å². The van der Waals surface area contributed by atoms with Crippen molar-refractivity contribution < 1.29 is 4.79 Å². The summed E-state index contributed by atoms with van der Waals surface area (Å²) < 4.78 is 1.70. The lowest BCUT2D eigenvalue weighted by Crippen LogP contribution is -2.23. The molecule has 1 unspecified atom stereocenters. The molecule has 1 aromatic carbocycles. The first kappa shape index (κ1) is 19.0. The van der Waals surface area contributed by atoms with Crippen LogP contribution in [-0.4, -0.2) is 25.8 Å². The van der Waals surface area contributed by atoms with Crippen LogP contribution in [-0.2, 0) is 4.79 Å². The average Bonchev–Trinajstić information content (AvgIpc) is 2.93. The molecule has 1 atom stereocenters. The molecule has 1 N–H and O–H groups in total. The first-order valence-electron chi connectivity index (χ1n) is 8.01. The summed E-state index contributed by atoms with van der Waals surface area (Å²) in [5.74, 6) is -0.102. The number of amides is 1. The molecule has 2 aromatic heterocycles. The van der Waals surface area contributed by atoms with E-state index >= 15 is 0 Å². The van der Waals surface area contributed by atoms with Gasteiger partial charge in [-0.1, -0.05) is 52.7 Å². The van der Waals surface area contributed by atoms with E-state index in [0.29, 0.717) is 20.8 Å². The molecule has 8 heteroatoms. The Morgan fingerprint density at radius 3 is 2.46 bits per heavy atom. The predicted octanol–water partition coefficient (Wildman–Crippen LogP) is 5.08. The van der Waals surface area contributed by atoms with Crippen molar-refractivity contribution >= 4 is 52.2 Å². The molecule has 26 heavy (non-hydrogen) atoms. The molecule has 0 aliphatic heterocycles. The van der Waals surface area contributed by atoms with E-state index in [2.05, 4.69) is 27.6 Å². The highest BCUT2D eigenvalue weighted by Crippen LogP contribution is 2.29. The van der Waals surface area contributed by atoms with Gasteiger partial charge in [0.25, 0.3) is 0 Å². The van der Waals surface area contributed by atoms with E-state index in [1.807, 2.05) is 27.7 Å². The predicted molar refractivity (Wildman–Crippen MR) is 108 cm³/mol. The van der Waals surface area contributed by atoms with Gasteiger partial charge in [0.1, 0.15) is 0 Å². The largest absolute Gasteiger partial charge is 0.325 e. The minimum absolute atomic E-state index is 0.102. The Morgan fingerprint density at radius 1 is 1.15 bits per heavy atom. The molecular weight excluding hydrogens is 391 g/mol. The van der Waals surface area contributed by atoms with Crippen LogP contribution in [0.5, 0.6) is 0 Å². The fourth-order valence-corrected chi connectivity index (χ4v) is 4.13. The van der Waals surface area contributed by atoms with Gasteiger partial charge in [0.05, 0.1) is 15.3 Å². The third-order valence-electron chi connectivity index (χ3n) is 3.97. The minimum atomic E-state index is -0.375. The zero-order chi connectivity index (χ0) is 19.0. The first-order chi connectivity index (χ1) is 12.3. The molecule has 0 fully saturated rings. The molecule has 0 saturated carbocycles. The van der Waals surface area contributed by atoms with Gasteiger partial charge in [-0.25, -0.2) is 0 Å². The number of nitrogens with zero attached hydrogens (tertiary/aromatic N) is 3. The number of rotatable bonds is 4. The van der Waals surface area contributed by atoms with Crippen LogP contribution in [0.1, 0.15) is 23.6 Å². The van der Waals surface area contributed by atoms with Gasteiger partial charge in [-0.05, 0) is 44.9 Å². The summed E-state index contributed by atoms with van der Waals surface area (Å²) in [5.41, 5.74) is 4.62. The lowest BCUT2D eigenvalue weighted by Gasteiger charge is -2.15. The quantitative estimate of drug-likeness (QED) is 0.611. The minimum Gasteiger partial charge on any atom is -0.325 e. The zero-order valence-electron chi connectivity index (χ0n) is 14.8. The Kier molecular flexibility index (Phi) is 5.46. The van der Waals surface area contributed by atoms with Crippen LogP contribution in [0.15, 0.2) is 29.6 Å². The van der Waals surface area contributed by atoms with Gasteiger partial charge in [0.2, 0.25) is 5.91 Å². The maximum atomic E-state index is 12.7. The molecule has 0 radical (unpaired) electrons. The second-order valence-electron chi connectivity index (χ2n) is 6.21. The molecule has 0 spiro atoms. The third kappa shape index (κ3) is 3.82. The molecule has 3 rings (SSSR count). The Hall–Kier alpha value is -1.76. The smallest absolute Gasteiger partial charge is 0.237 e. The molecule has 0 bridgehead atoms. The molecule has 1 amide bonds. The van der Waals surface area contributed by atoms with Gasteiger partial charge in [-0.2, -0.15) is 0 Å². The van der Waals surface area contributed by atoms with Crippen LogP contribution in [0.2, 0.25) is 10.0 Å². The monoisotopic (exact) mass is 408 g/mol. The lowest BCUT2D eigenvalue weighted by molar-refractivity contribution is -0.115. The fourth-order valence-electron chi connectivity index (χ4n) is 2.80. The summed E-state index contributed by atoms with van der Waals surface area (Å²) in [6, 6.07) is 5.72. The molecule has 0 saturated heterocycles. The number of anilines is 1. The fraction of sp³-hybridized carbons (Fsp3) is 0.278. The summed E-state index contributed by atoms with van der Waals surface area (Å²) >= 11 is 13.5. The lowest BCUT2D eigenvalue weighted by atomic mass is 10.1. The second kappa shape index (κ2) is 7.47. The maximum absolute atomic E-state index is 12.7. The number of carbonyl (C=O) groups is 1. The number of fused-ring (bicyclic) bond motifs is 1. The van der Waals surface area contributed by atoms with Crippen LogP contribution >= 0.6 is 35.0 Å². The van der Waals surface area contributed by atoms with Crippen LogP contribution in [0, 0.1) is 20.8 Å². The number of pyridine rings is 1. The van der Waals surface area contributed by atoms with Gasteiger partial charge < -0.3 is 5.32 Å². The number of halogens is 2. The molecule has 2 heterocycles. The average molecular weight is 409 g/mol. The summed E-state index contributed by atoms with van der Waals surface area (Å²) in [7, 11) is 0. The van der Waals surface area contributed by atoms with Crippen LogP contribution in [0.3, 0.4) is 0 Å². The molecule has 3 aromatic rings. The van der Waals surface area contributed by atoms with E-state index in [0.717, 1.165) is 16.8 Å². The van der Waals surface area contributed by atoms with E-state index in [9.17, 15) is 4.79 Å². The summed E-state index contributed by atoms with van der Waals surface area (Å²) in [4.78, 5) is 12.7. The van der Waals surface area contributed by atoms with Gasteiger partial charge in [-0.15, -0.1) is 10.2 Å². The van der Waals surface area contributed by atoms with E-state index in [1.54, 1.807) is 16.7 Å². The van der Waals surface area contributed by atoms with Crippen molar-refractivity contribution in [3.05, 3.63) is 51.1 Å². The third-order valence-corrected chi connectivity index (χ3v) is 5.51. The highest BCUT2D eigenvalue weighted by atomic mass is 35.5. The number of carbonyl (C=O) groups excluding carboxylic acids is 1. The Bertz CT molecular complexity index is 979. The number of thioether (sulfide) groups is 1. The summed E-state index contributed by atoms with van der Waals surface area (Å²) in [5, 5.41) is 12.3. The van der Waals surface area contributed by atoms with Gasteiger partial charge in [0, 0.05) is 11.9 Å². The van der Waals surface area contributed by atoms with E-state index < -0.39 is 0 Å². The van der Waals surface area contributed by atoms with Gasteiger partial charge in [0.15, 0.2) is 10.8 Å². The van der Waals surface area contributed by atoms with E-state index in [1.165, 1.54) is 17.3 Å². The summed E-state index contributed by atoms with van der Waals surface area (Å²) in [6.45, 7) is 7.84. The second-order valence-corrected chi connectivity index (χ2v) is 8.36. The van der Waals surface area contributed by atoms with E-state index in [-0.39, 0.29) is 11.2 Å². The van der Waals surface area contributed by atoms with Crippen molar-refractivity contribution in [1.82, 2.24) is 14.6 Å². The van der Waals surface area contributed by atoms with E-state index in [4.69, 9.17) is 23.2 Å². The zero-order valence-corrected chi connectivity index (χ0v) is 17.1. The van der Waals surface area contributed by atoms with Crippen molar-refractivity contribution in [3.8, 4) is 0 Å². The van der Waals surface area contributed by atoms with Gasteiger partial charge >= 0.3 is 0 Å². The molecule has 136 valence electrons. The van der Waals surface area contributed by atoms with Crippen molar-refractivity contribution in [2.24, 2.45) is 0 Å². The standard InChI is InChI=1S/C18H18Cl2N4OS/c1-9-5-10(2)15(11(3)6-9)21-17(25)12(4)26-18-23-22-16-14(20)7-13(19)8-24(16)18/h5-8,12H,1-4H3,(H,21,25). The van der Waals surface area contributed by atoms with Crippen molar-refractivity contribution in [1.29, 1.82) is 0 Å². The highest BCUT2D eigenvalue weighted by Gasteiger charge is 2.20. The van der Waals surface area contributed by atoms with Crippen LogP contribution in [0.4, 0.5) is 5.69 Å². The Balaban J connectivity index is 1.80. The van der Waals surface area contributed by atoms with Crippen LogP contribution < -0.4 is 5.32 Å². The first-order valence-corrected chi connectivity index (χ1v) is 9.65. The number of nitrogens with one attached hydrogen (secondary N) is 1. The number of hydrogen-bond acceptors (Lipinski definition) is 4. The topological polar surface area (TPSA) is 59.3 Å². The SMILES string of the molecule is Cc1cc(C)c(NC(=O)C(C)Sc2nnc3c(Cl)cc(Cl)cn23)c(C)c1. The molecular formula is C18H18Cl2N4OS. The molecule has 5 nitrogen and oxygen atoms in total. The number of hydrogen-bond donors (Lipinski definition) is 1. The van der Waals surface area contributed by atoms with Gasteiger partial charge in [-0.3, -0.25) is 9.20 Å². The van der Waals surface area contributed by atoms with Crippen molar-refractivity contribution in [3.63, 3.8) is 0 Å². The molecule has 0 aliphatic carbocycles. The Morgan fingerprint density at radius 2 is 1.81 bits per heavy atom. The highest BCUT2D eigenvalue weighted by molar-refractivity contribution is 8.00. The summed E-state index contributed by atoms with van der Waals surface area (Å²) in [6.07, 6.45) is 1.68. The normalized spacial score (nSPS) is 12.4. The Labute approximate surface area is 166 Å². The maximum Gasteiger partial charge on any atom is 0.237 e.